The van der Waals surface area contributed by atoms with Crippen LogP contribution in [-0.2, 0) is 17.1 Å². The normalized spacial score (nSPS) is 13.2. The van der Waals surface area contributed by atoms with E-state index in [1.807, 2.05) is 20.9 Å². The molecule has 0 amide bonds. The summed E-state index contributed by atoms with van der Waals surface area (Å²) in [6.45, 7) is 4.07. The lowest BCUT2D eigenvalue weighted by Crippen LogP contribution is -2.13. The summed E-state index contributed by atoms with van der Waals surface area (Å²) in [5.41, 5.74) is 3.32. The first-order chi connectivity index (χ1) is 10.3. The standard InChI is InChI=1S/C14H13ClN2O2S3/c1-8-6-10-11(7-9(8)2)20-14(17(10)3)16-22(18,19)13-5-4-12(15)21-13/h4-7H,1-3H3. The van der Waals surface area contributed by atoms with Gasteiger partial charge in [0, 0.05) is 7.05 Å². The first-order valence-electron chi connectivity index (χ1n) is 6.41. The van der Waals surface area contributed by atoms with Gasteiger partial charge in [-0.3, -0.25) is 0 Å². The van der Waals surface area contributed by atoms with Crippen LogP contribution in [0.5, 0.6) is 0 Å². The highest BCUT2D eigenvalue weighted by Crippen LogP contribution is 2.27. The fourth-order valence-corrected chi connectivity index (χ4v) is 5.84. The summed E-state index contributed by atoms with van der Waals surface area (Å²) in [6.07, 6.45) is 0. The summed E-state index contributed by atoms with van der Waals surface area (Å²) >= 11 is 8.18. The molecular weight excluding hydrogens is 360 g/mol. The van der Waals surface area contributed by atoms with Crippen molar-refractivity contribution in [1.29, 1.82) is 0 Å². The SMILES string of the molecule is Cc1cc2sc(=NS(=O)(=O)c3ccc(Cl)s3)n(C)c2cc1C. The van der Waals surface area contributed by atoms with Crippen molar-refractivity contribution < 1.29 is 8.42 Å². The van der Waals surface area contributed by atoms with Gasteiger partial charge in [-0.2, -0.15) is 8.42 Å². The Morgan fingerprint density at radius 1 is 1.14 bits per heavy atom. The minimum Gasteiger partial charge on any atom is -0.319 e. The number of benzene rings is 1. The van der Waals surface area contributed by atoms with Gasteiger partial charge in [-0.1, -0.05) is 22.9 Å². The Kier molecular flexibility index (Phi) is 3.92. The summed E-state index contributed by atoms with van der Waals surface area (Å²) in [5, 5.41) is 0. The molecule has 0 fully saturated rings. The second kappa shape index (κ2) is 5.49. The first kappa shape index (κ1) is 15.7. The number of hydrogen-bond acceptors (Lipinski definition) is 4. The lowest BCUT2D eigenvalue weighted by molar-refractivity contribution is 0.598. The maximum absolute atomic E-state index is 12.4. The van der Waals surface area contributed by atoms with Gasteiger partial charge in [0.1, 0.15) is 4.21 Å². The summed E-state index contributed by atoms with van der Waals surface area (Å²) in [5.74, 6) is 0. The van der Waals surface area contributed by atoms with E-state index < -0.39 is 10.0 Å². The van der Waals surface area contributed by atoms with Gasteiger partial charge in [-0.25, -0.2) is 0 Å². The van der Waals surface area contributed by atoms with Gasteiger partial charge >= 0.3 is 0 Å². The number of thiazole rings is 1. The number of sulfonamides is 1. The molecule has 0 radical (unpaired) electrons. The lowest BCUT2D eigenvalue weighted by Gasteiger charge is -2.00. The van der Waals surface area contributed by atoms with Crippen LogP contribution in [-0.4, -0.2) is 13.0 Å². The van der Waals surface area contributed by atoms with Gasteiger partial charge in [0.15, 0.2) is 0 Å². The van der Waals surface area contributed by atoms with Gasteiger partial charge in [-0.15, -0.1) is 15.7 Å². The Morgan fingerprint density at radius 3 is 2.45 bits per heavy atom. The minimum atomic E-state index is -3.73. The van der Waals surface area contributed by atoms with Crippen LogP contribution in [0.4, 0.5) is 0 Å². The number of aromatic nitrogens is 1. The number of hydrogen-bond donors (Lipinski definition) is 0. The van der Waals surface area contributed by atoms with Crippen LogP contribution in [0.2, 0.25) is 4.34 Å². The van der Waals surface area contributed by atoms with E-state index in [-0.39, 0.29) is 4.21 Å². The minimum absolute atomic E-state index is 0.155. The van der Waals surface area contributed by atoms with Crippen LogP contribution < -0.4 is 4.80 Å². The Morgan fingerprint density at radius 2 is 1.82 bits per heavy atom. The molecule has 0 atom stereocenters. The van der Waals surface area contributed by atoms with Crippen LogP contribution in [0.3, 0.4) is 0 Å². The van der Waals surface area contributed by atoms with Gasteiger partial charge < -0.3 is 4.57 Å². The number of halogens is 1. The molecule has 8 heteroatoms. The van der Waals surface area contributed by atoms with E-state index in [4.69, 9.17) is 11.6 Å². The first-order valence-corrected chi connectivity index (χ1v) is 9.86. The van der Waals surface area contributed by atoms with E-state index in [0.29, 0.717) is 9.14 Å². The molecular formula is C14H13ClN2O2S3. The topological polar surface area (TPSA) is 51.4 Å². The number of thiophene rings is 1. The van der Waals surface area contributed by atoms with Crippen molar-refractivity contribution in [2.45, 2.75) is 18.1 Å². The molecule has 0 aliphatic heterocycles. The van der Waals surface area contributed by atoms with E-state index in [2.05, 4.69) is 16.5 Å². The maximum Gasteiger partial charge on any atom is 0.294 e. The van der Waals surface area contributed by atoms with E-state index in [1.165, 1.54) is 28.5 Å². The number of nitrogens with zero attached hydrogens (tertiary/aromatic N) is 2. The molecule has 1 aromatic carbocycles. The molecule has 4 nitrogen and oxygen atoms in total. The van der Waals surface area contributed by atoms with Crippen molar-refractivity contribution in [1.82, 2.24) is 4.57 Å². The van der Waals surface area contributed by atoms with Crippen molar-refractivity contribution in [3.8, 4) is 0 Å². The van der Waals surface area contributed by atoms with Crippen molar-refractivity contribution >= 4 is 54.5 Å². The van der Waals surface area contributed by atoms with Crippen LogP contribution in [0, 0.1) is 13.8 Å². The van der Waals surface area contributed by atoms with Crippen LogP contribution in [0.15, 0.2) is 32.9 Å². The third-order valence-corrected chi connectivity index (χ3v) is 7.60. The molecule has 2 aromatic heterocycles. The fraction of sp³-hybridized carbons (Fsp3) is 0.214. The molecule has 0 spiro atoms. The average Bonchev–Trinajstić information content (AvgIpc) is 2.98. The fourth-order valence-electron chi connectivity index (χ4n) is 2.05. The zero-order valence-electron chi connectivity index (χ0n) is 12.1. The summed E-state index contributed by atoms with van der Waals surface area (Å²) in [7, 11) is -1.91. The Labute approximate surface area is 141 Å². The smallest absolute Gasteiger partial charge is 0.294 e. The number of aryl methyl sites for hydroxylation is 3. The molecule has 0 aliphatic carbocycles. The molecule has 0 saturated heterocycles. The lowest BCUT2D eigenvalue weighted by atomic mass is 10.1. The highest BCUT2D eigenvalue weighted by molar-refractivity contribution is 7.92. The quantitative estimate of drug-likeness (QED) is 0.685. The molecule has 0 saturated carbocycles. The van der Waals surface area contributed by atoms with E-state index in [0.717, 1.165) is 21.6 Å². The molecule has 0 N–H and O–H groups in total. The molecule has 3 aromatic rings. The molecule has 22 heavy (non-hydrogen) atoms. The monoisotopic (exact) mass is 372 g/mol. The summed E-state index contributed by atoms with van der Waals surface area (Å²) in [6, 6.07) is 7.15. The van der Waals surface area contributed by atoms with Crippen molar-refractivity contribution in [3.63, 3.8) is 0 Å². The molecule has 0 aliphatic rings. The van der Waals surface area contributed by atoms with Gasteiger partial charge in [-0.05, 0) is 49.2 Å². The zero-order chi connectivity index (χ0) is 16.1. The average molecular weight is 373 g/mol. The van der Waals surface area contributed by atoms with Crippen molar-refractivity contribution in [2.24, 2.45) is 11.4 Å². The predicted octanol–water partition coefficient (Wildman–Crippen LogP) is 3.86. The van der Waals surface area contributed by atoms with Crippen LogP contribution in [0.25, 0.3) is 10.2 Å². The van der Waals surface area contributed by atoms with E-state index in [1.54, 1.807) is 10.6 Å². The maximum atomic E-state index is 12.4. The molecule has 0 bridgehead atoms. The largest absolute Gasteiger partial charge is 0.319 e. The summed E-state index contributed by atoms with van der Waals surface area (Å²) in [4.78, 5) is 0.449. The van der Waals surface area contributed by atoms with E-state index in [9.17, 15) is 8.42 Å². The molecule has 116 valence electrons. The van der Waals surface area contributed by atoms with Gasteiger partial charge in [0.2, 0.25) is 4.80 Å². The Bertz CT molecular complexity index is 1040. The number of fused-ring (bicyclic) bond motifs is 1. The second-order valence-electron chi connectivity index (χ2n) is 4.97. The zero-order valence-corrected chi connectivity index (χ0v) is 15.3. The van der Waals surface area contributed by atoms with Crippen LogP contribution >= 0.6 is 34.3 Å². The molecule has 0 unspecified atom stereocenters. The highest BCUT2D eigenvalue weighted by atomic mass is 35.5. The van der Waals surface area contributed by atoms with Crippen LogP contribution in [0.1, 0.15) is 11.1 Å². The van der Waals surface area contributed by atoms with Crippen molar-refractivity contribution in [2.75, 3.05) is 0 Å². The molecule has 2 heterocycles. The number of rotatable bonds is 2. The summed E-state index contributed by atoms with van der Waals surface area (Å²) < 4.78 is 32.1. The highest BCUT2D eigenvalue weighted by Gasteiger charge is 2.16. The third kappa shape index (κ3) is 2.74. The Balaban J connectivity index is 2.24. The van der Waals surface area contributed by atoms with E-state index >= 15 is 0 Å². The van der Waals surface area contributed by atoms with Gasteiger partial charge in [0.05, 0.1) is 14.6 Å². The van der Waals surface area contributed by atoms with Gasteiger partial charge in [0.25, 0.3) is 10.0 Å². The second-order valence-corrected chi connectivity index (χ2v) is 9.53. The Hall–Kier alpha value is -1.15. The third-order valence-electron chi connectivity index (χ3n) is 3.43. The molecule has 3 rings (SSSR count). The predicted molar refractivity (Wildman–Crippen MR) is 92.3 cm³/mol. The van der Waals surface area contributed by atoms with Crippen molar-refractivity contribution in [3.05, 3.63) is 44.5 Å².